The van der Waals surface area contributed by atoms with Crippen molar-refractivity contribution in [2.45, 2.75) is 53.0 Å². The fourth-order valence-electron chi connectivity index (χ4n) is 1.50. The smallest absolute Gasteiger partial charge is 0.00508 e. The number of nitrogens with zero attached hydrogens (tertiary/aromatic N) is 1. The predicted octanol–water partition coefficient (Wildman–Crippen LogP) is 2.74. The second-order valence-corrected chi connectivity index (χ2v) is 5.13. The van der Waals surface area contributed by atoms with Crippen molar-refractivity contribution in [3.05, 3.63) is 0 Å². The zero-order valence-electron chi connectivity index (χ0n) is 11.3. The SMILES string of the molecule is CCCNC(C)CCN(C)CCC(C)C. The summed E-state index contributed by atoms with van der Waals surface area (Å²) in [6, 6.07) is 0.659. The Labute approximate surface area is 96.4 Å². The Bertz CT molecular complexity index is 134. The van der Waals surface area contributed by atoms with Gasteiger partial charge in [0.2, 0.25) is 0 Å². The van der Waals surface area contributed by atoms with E-state index in [2.05, 4.69) is 45.0 Å². The first-order valence-electron chi connectivity index (χ1n) is 6.48. The van der Waals surface area contributed by atoms with Crippen LogP contribution in [0.3, 0.4) is 0 Å². The number of rotatable bonds is 9. The third-order valence-electron chi connectivity index (χ3n) is 2.77. The van der Waals surface area contributed by atoms with Gasteiger partial charge in [-0.1, -0.05) is 20.8 Å². The molecule has 0 fully saturated rings. The summed E-state index contributed by atoms with van der Waals surface area (Å²) in [6.07, 6.45) is 3.80. The van der Waals surface area contributed by atoms with Gasteiger partial charge >= 0.3 is 0 Å². The summed E-state index contributed by atoms with van der Waals surface area (Å²) in [5, 5.41) is 3.53. The molecule has 0 aliphatic carbocycles. The van der Waals surface area contributed by atoms with Crippen molar-refractivity contribution in [2.24, 2.45) is 5.92 Å². The lowest BCUT2D eigenvalue weighted by Crippen LogP contribution is -2.32. The zero-order valence-corrected chi connectivity index (χ0v) is 11.3. The summed E-state index contributed by atoms with van der Waals surface area (Å²) in [5.41, 5.74) is 0. The maximum absolute atomic E-state index is 3.53. The van der Waals surface area contributed by atoms with Gasteiger partial charge in [0.1, 0.15) is 0 Å². The Morgan fingerprint density at radius 1 is 1.07 bits per heavy atom. The van der Waals surface area contributed by atoms with Crippen molar-refractivity contribution < 1.29 is 0 Å². The molecule has 0 spiro atoms. The van der Waals surface area contributed by atoms with Crippen LogP contribution in [0, 0.1) is 5.92 Å². The molecule has 2 heteroatoms. The molecule has 0 saturated heterocycles. The molecule has 15 heavy (non-hydrogen) atoms. The lowest BCUT2D eigenvalue weighted by Gasteiger charge is -2.20. The monoisotopic (exact) mass is 214 g/mol. The number of hydrogen-bond donors (Lipinski definition) is 1. The molecule has 0 radical (unpaired) electrons. The Kier molecular flexibility index (Phi) is 9.12. The molecule has 1 atom stereocenters. The first-order chi connectivity index (χ1) is 7.06. The molecule has 0 aromatic rings. The lowest BCUT2D eigenvalue weighted by molar-refractivity contribution is 0.292. The summed E-state index contributed by atoms with van der Waals surface area (Å²) >= 11 is 0. The molecule has 0 aliphatic rings. The highest BCUT2D eigenvalue weighted by atomic mass is 15.1. The van der Waals surface area contributed by atoms with Gasteiger partial charge in [-0.3, -0.25) is 0 Å². The Morgan fingerprint density at radius 3 is 2.20 bits per heavy atom. The quantitative estimate of drug-likeness (QED) is 0.635. The van der Waals surface area contributed by atoms with Gasteiger partial charge in [-0.15, -0.1) is 0 Å². The van der Waals surface area contributed by atoms with E-state index in [1.54, 1.807) is 0 Å². The average molecular weight is 214 g/mol. The van der Waals surface area contributed by atoms with Gasteiger partial charge in [-0.25, -0.2) is 0 Å². The molecule has 1 N–H and O–H groups in total. The van der Waals surface area contributed by atoms with E-state index < -0.39 is 0 Å². The summed E-state index contributed by atoms with van der Waals surface area (Å²) in [5.74, 6) is 0.822. The molecule has 0 amide bonds. The normalized spacial score (nSPS) is 13.8. The molecule has 0 saturated carbocycles. The van der Waals surface area contributed by atoms with Crippen LogP contribution in [0.25, 0.3) is 0 Å². The summed E-state index contributed by atoms with van der Waals surface area (Å²) in [4.78, 5) is 2.45. The van der Waals surface area contributed by atoms with Crippen molar-refractivity contribution in [3.8, 4) is 0 Å². The van der Waals surface area contributed by atoms with Crippen LogP contribution in [-0.4, -0.2) is 37.6 Å². The second kappa shape index (κ2) is 9.17. The molecule has 0 heterocycles. The van der Waals surface area contributed by atoms with E-state index in [0.717, 1.165) is 12.5 Å². The third kappa shape index (κ3) is 10.2. The summed E-state index contributed by atoms with van der Waals surface area (Å²) < 4.78 is 0. The van der Waals surface area contributed by atoms with Crippen LogP contribution in [0.4, 0.5) is 0 Å². The van der Waals surface area contributed by atoms with E-state index >= 15 is 0 Å². The van der Waals surface area contributed by atoms with Gasteiger partial charge in [-0.05, 0) is 58.8 Å². The fraction of sp³-hybridized carbons (Fsp3) is 1.00. The van der Waals surface area contributed by atoms with Crippen LogP contribution in [0.15, 0.2) is 0 Å². The molecule has 0 aliphatic heterocycles. The first-order valence-corrected chi connectivity index (χ1v) is 6.48. The summed E-state index contributed by atoms with van der Waals surface area (Å²) in [6.45, 7) is 12.7. The van der Waals surface area contributed by atoms with E-state index in [1.807, 2.05) is 0 Å². The number of hydrogen-bond acceptors (Lipinski definition) is 2. The van der Waals surface area contributed by atoms with Crippen molar-refractivity contribution in [3.63, 3.8) is 0 Å². The van der Waals surface area contributed by atoms with Crippen molar-refractivity contribution in [1.82, 2.24) is 10.2 Å². The second-order valence-electron chi connectivity index (χ2n) is 5.13. The minimum atomic E-state index is 0.659. The van der Waals surface area contributed by atoms with Gasteiger partial charge in [0.05, 0.1) is 0 Å². The van der Waals surface area contributed by atoms with Gasteiger partial charge in [0, 0.05) is 6.04 Å². The maximum Gasteiger partial charge on any atom is 0.00508 e. The van der Waals surface area contributed by atoms with Gasteiger partial charge in [-0.2, -0.15) is 0 Å². The molecular weight excluding hydrogens is 184 g/mol. The Hall–Kier alpha value is -0.0800. The van der Waals surface area contributed by atoms with Crippen molar-refractivity contribution in [2.75, 3.05) is 26.7 Å². The predicted molar refractivity (Wildman–Crippen MR) is 69.3 cm³/mol. The van der Waals surface area contributed by atoms with Gasteiger partial charge in [0.15, 0.2) is 0 Å². The largest absolute Gasteiger partial charge is 0.314 e. The van der Waals surface area contributed by atoms with Crippen LogP contribution in [-0.2, 0) is 0 Å². The topological polar surface area (TPSA) is 15.3 Å². The third-order valence-corrected chi connectivity index (χ3v) is 2.77. The molecule has 0 aromatic heterocycles. The first kappa shape index (κ1) is 14.9. The maximum atomic E-state index is 3.53. The molecule has 1 unspecified atom stereocenters. The van der Waals surface area contributed by atoms with Crippen LogP contribution < -0.4 is 5.32 Å². The van der Waals surface area contributed by atoms with Crippen LogP contribution in [0.1, 0.15) is 47.0 Å². The van der Waals surface area contributed by atoms with E-state index in [1.165, 1.54) is 32.4 Å². The Morgan fingerprint density at radius 2 is 1.67 bits per heavy atom. The van der Waals surface area contributed by atoms with E-state index in [9.17, 15) is 0 Å². The molecule has 0 aromatic carbocycles. The molecule has 0 bridgehead atoms. The molecule has 92 valence electrons. The van der Waals surface area contributed by atoms with Crippen LogP contribution >= 0.6 is 0 Å². The van der Waals surface area contributed by atoms with E-state index in [0.29, 0.717) is 6.04 Å². The average Bonchev–Trinajstić information content (AvgIpc) is 2.20. The number of nitrogens with one attached hydrogen (secondary N) is 1. The summed E-state index contributed by atoms with van der Waals surface area (Å²) in [7, 11) is 2.23. The highest BCUT2D eigenvalue weighted by molar-refractivity contribution is 4.63. The zero-order chi connectivity index (χ0) is 11.7. The van der Waals surface area contributed by atoms with E-state index in [-0.39, 0.29) is 0 Å². The van der Waals surface area contributed by atoms with Gasteiger partial charge < -0.3 is 10.2 Å². The van der Waals surface area contributed by atoms with Crippen molar-refractivity contribution in [1.29, 1.82) is 0 Å². The lowest BCUT2D eigenvalue weighted by atomic mass is 10.1. The fourth-order valence-corrected chi connectivity index (χ4v) is 1.50. The highest BCUT2D eigenvalue weighted by Gasteiger charge is 2.04. The van der Waals surface area contributed by atoms with E-state index in [4.69, 9.17) is 0 Å². The molecule has 0 rings (SSSR count). The van der Waals surface area contributed by atoms with Gasteiger partial charge in [0.25, 0.3) is 0 Å². The molecule has 2 nitrogen and oxygen atoms in total. The standard InChI is InChI=1S/C13H30N2/c1-6-9-14-13(4)8-11-15(5)10-7-12(2)3/h12-14H,6-11H2,1-5H3. The van der Waals surface area contributed by atoms with Crippen LogP contribution in [0.2, 0.25) is 0 Å². The van der Waals surface area contributed by atoms with Crippen molar-refractivity contribution >= 4 is 0 Å². The highest BCUT2D eigenvalue weighted by Crippen LogP contribution is 2.02. The van der Waals surface area contributed by atoms with Crippen LogP contribution in [0.5, 0.6) is 0 Å². The Balaban J connectivity index is 3.39. The minimum Gasteiger partial charge on any atom is -0.314 e. The molecular formula is C13H30N2. The minimum absolute atomic E-state index is 0.659.